The molecule has 6 N–H and O–H groups in total. The minimum absolute atomic E-state index is 0.0579. The molecule has 380 valence electrons. The Labute approximate surface area is 438 Å². The van der Waals surface area contributed by atoms with E-state index in [1.54, 1.807) is 31.8 Å². The second-order valence-corrected chi connectivity index (χ2v) is 16.1. The number of aromatic nitrogens is 18. The van der Waals surface area contributed by atoms with Crippen LogP contribution in [0.15, 0.2) is 149 Å². The smallest absolute Gasteiger partial charge is 0.250 e. The Balaban J connectivity index is 0.000000171. The zero-order valence-electron chi connectivity index (χ0n) is 40.7. The summed E-state index contributed by atoms with van der Waals surface area (Å²) in [6, 6.07) is 28.7. The molecule has 78 heavy (non-hydrogen) atoms. The van der Waals surface area contributed by atoms with Crippen LogP contribution in [0.3, 0.4) is 0 Å². The molecule has 0 bridgehead atoms. The maximum atomic E-state index is 9.73. The van der Waals surface area contributed by atoms with Crippen LogP contribution in [0, 0.1) is 22.7 Å². The summed E-state index contributed by atoms with van der Waals surface area (Å²) >= 11 is 0. The highest BCUT2D eigenvalue weighted by Gasteiger charge is 2.20. The first-order valence-corrected chi connectivity index (χ1v) is 23.2. The lowest BCUT2D eigenvalue weighted by Crippen LogP contribution is -2.07. The highest BCUT2D eigenvalue weighted by Crippen LogP contribution is 2.34. The largest absolute Gasteiger partial charge is 0.378 e. The summed E-state index contributed by atoms with van der Waals surface area (Å²) in [5.74, 6) is 3.08. The number of fused-ring (bicyclic) bond motifs is 3. The van der Waals surface area contributed by atoms with E-state index in [-0.39, 0.29) is 59.4 Å². The van der Waals surface area contributed by atoms with Gasteiger partial charge in [0.2, 0.25) is 41.4 Å². The van der Waals surface area contributed by atoms with Crippen molar-refractivity contribution in [3.63, 3.8) is 0 Å². The first kappa shape index (κ1) is 48.6. The van der Waals surface area contributed by atoms with E-state index in [1.807, 2.05) is 78.9 Å². The lowest BCUT2D eigenvalue weighted by Gasteiger charge is -2.12. The molecule has 0 amide bonds. The monoisotopic (exact) mass is 1040 g/mol. The van der Waals surface area contributed by atoms with Gasteiger partial charge in [-0.1, -0.05) is 36.4 Å². The maximum absolute atomic E-state index is 9.73. The summed E-state index contributed by atoms with van der Waals surface area (Å²) in [6.45, 7) is 0.239. The van der Waals surface area contributed by atoms with Crippen LogP contribution in [0.5, 0.6) is 0 Å². The Bertz CT molecular complexity index is 4130. The van der Waals surface area contributed by atoms with Gasteiger partial charge in [0.25, 0.3) is 5.95 Å². The maximum Gasteiger partial charge on any atom is 0.250 e. The van der Waals surface area contributed by atoms with E-state index >= 15 is 0 Å². The van der Waals surface area contributed by atoms with Gasteiger partial charge in [-0.3, -0.25) is 15.6 Å². The third-order valence-electron chi connectivity index (χ3n) is 10.9. The van der Waals surface area contributed by atoms with Gasteiger partial charge in [0.1, 0.15) is 34.6 Å². The third kappa shape index (κ3) is 10.8. The molecule has 0 fully saturated rings. The molecule has 9 heterocycles. The first-order valence-electron chi connectivity index (χ1n) is 23.2. The number of nitrogens with zero attached hydrogens (tertiary/aromatic N) is 21. The summed E-state index contributed by atoms with van der Waals surface area (Å²) in [7, 11) is 3.09. The van der Waals surface area contributed by atoms with Crippen molar-refractivity contribution >= 4 is 91.7 Å². The summed E-state index contributed by atoms with van der Waals surface area (Å²) in [6.07, 6.45) is 12.2. The zero-order valence-corrected chi connectivity index (χ0v) is 40.7. The number of nitrogens with one attached hydrogen (secondary N) is 6. The molecule has 3 aromatic carbocycles. The van der Waals surface area contributed by atoms with Gasteiger partial charge in [0.15, 0.2) is 17.3 Å². The van der Waals surface area contributed by atoms with Crippen molar-refractivity contribution in [3.05, 3.63) is 151 Å². The number of para-hydroxylation sites is 6. The molecule has 0 aliphatic rings. The fourth-order valence-electron chi connectivity index (χ4n) is 7.42. The molecule has 0 aliphatic heterocycles. The predicted molar refractivity (Wildman–Crippen MR) is 280 cm³/mol. The van der Waals surface area contributed by atoms with Crippen LogP contribution >= 0.6 is 0 Å². The predicted octanol–water partition coefficient (Wildman–Crippen LogP) is 8.63. The lowest BCUT2D eigenvalue weighted by atomic mass is 10.3. The number of imidazole rings is 3. The van der Waals surface area contributed by atoms with E-state index in [0.29, 0.717) is 46.7 Å². The zero-order chi connectivity index (χ0) is 53.2. The van der Waals surface area contributed by atoms with Gasteiger partial charge in [0, 0.05) is 39.0 Å². The molecule has 9 aromatic heterocycles. The molecule has 12 aromatic rings. The van der Waals surface area contributed by atoms with Crippen LogP contribution in [0.2, 0.25) is 0 Å². The molecular weight excluding hydrogens is 999 g/mol. The fraction of sp³-hybridized carbons (Fsp3) is 0.0816. The topological polar surface area (TPSA) is 376 Å². The standard InChI is InChI=1S/C28H21N15O.C21H16N12O/c1-44-15-21-22(40-41-23-16(13-29)14-43(42-23)28-30-11-6-12-31-28)24(37-25-32-17-7-2-3-8-18(17)33-25)38-27(36-21)39-26-34-19-9-4-5-10-20(19)35-26;1-34-12-17-16(9-25-20(28-17)29-21-26-14-4-2-3-5-15(14)27-21)30-31-19-13(8-22)11-33(32-19)18-10-23-6-7-24-18/h2-12,14H,15H2,1H3,(H4,32,33,34,35,36,37,38,39);2-7,9-11H,12H2,1H3,(H2,25,26,27,28,29). The van der Waals surface area contributed by atoms with Crippen LogP contribution < -0.4 is 16.0 Å². The number of hydrogen-bond acceptors (Lipinski definition) is 24. The second kappa shape index (κ2) is 22.2. The van der Waals surface area contributed by atoms with Gasteiger partial charge in [-0.2, -0.15) is 15.5 Å². The number of azo groups is 2. The van der Waals surface area contributed by atoms with Gasteiger partial charge < -0.3 is 29.7 Å². The van der Waals surface area contributed by atoms with E-state index < -0.39 is 0 Å². The molecule has 0 radical (unpaired) electrons. The average molecular weight is 1040 g/mol. The number of hydrogen-bond donors (Lipinski definition) is 6. The van der Waals surface area contributed by atoms with Gasteiger partial charge in [0.05, 0.1) is 76.8 Å². The van der Waals surface area contributed by atoms with Crippen LogP contribution in [0.25, 0.3) is 44.9 Å². The number of aromatic amines is 3. The second-order valence-electron chi connectivity index (χ2n) is 16.1. The first-order chi connectivity index (χ1) is 38.4. The van der Waals surface area contributed by atoms with E-state index in [4.69, 9.17) is 9.47 Å². The Kier molecular flexibility index (Phi) is 13.8. The minimum Gasteiger partial charge on any atom is -0.378 e. The van der Waals surface area contributed by atoms with E-state index in [1.165, 1.54) is 47.5 Å². The molecular formula is C49H37N27O2. The molecule has 29 heteroatoms. The molecule has 0 atom stereocenters. The summed E-state index contributed by atoms with van der Waals surface area (Å²) in [5.41, 5.74) is 6.85. The quantitative estimate of drug-likeness (QED) is 0.0493. The Morgan fingerprint density at radius 3 is 1.68 bits per heavy atom. The van der Waals surface area contributed by atoms with Crippen molar-refractivity contribution in [2.75, 3.05) is 30.2 Å². The molecule has 0 saturated carbocycles. The van der Waals surface area contributed by atoms with Crippen molar-refractivity contribution in [2.24, 2.45) is 20.5 Å². The Morgan fingerprint density at radius 1 is 0.538 bits per heavy atom. The highest BCUT2D eigenvalue weighted by molar-refractivity contribution is 5.81. The van der Waals surface area contributed by atoms with Gasteiger partial charge >= 0.3 is 0 Å². The number of methoxy groups -OCH3 is 2. The minimum atomic E-state index is 0.0579. The molecule has 12 rings (SSSR count). The fourth-order valence-corrected chi connectivity index (χ4v) is 7.42. The van der Waals surface area contributed by atoms with Crippen molar-refractivity contribution in [2.45, 2.75) is 13.2 Å². The average Bonchev–Trinajstić information content (AvgIpc) is 4.33. The Morgan fingerprint density at radius 2 is 1.09 bits per heavy atom. The Hall–Kier alpha value is -11.7. The number of nitriles is 2. The van der Waals surface area contributed by atoms with E-state index in [2.05, 4.69) is 122 Å². The SMILES string of the molecule is COCc1nc(Nc2nc3ccccc3[nH]2)nc(Nc2nc3ccccc3[nH]2)c1N=Nc1nn(-c2ncccn2)cc1C#N.COCc1nc(Nc2nc3ccccc3[nH]2)ncc1N=Nc1nn(-c2cnccn2)cc1C#N. The van der Waals surface area contributed by atoms with Gasteiger partial charge in [-0.05, 0) is 42.5 Å². The summed E-state index contributed by atoms with van der Waals surface area (Å²) in [4.78, 5) is 57.8. The molecule has 0 unspecified atom stereocenters. The molecule has 0 saturated heterocycles. The van der Waals surface area contributed by atoms with Crippen molar-refractivity contribution < 1.29 is 9.47 Å². The summed E-state index contributed by atoms with van der Waals surface area (Å²) in [5, 5.41) is 54.2. The van der Waals surface area contributed by atoms with Gasteiger partial charge in [-0.15, -0.1) is 30.7 Å². The number of anilines is 6. The van der Waals surface area contributed by atoms with Crippen LogP contribution in [0.4, 0.5) is 58.6 Å². The number of benzene rings is 3. The van der Waals surface area contributed by atoms with E-state index in [0.717, 1.165) is 33.1 Å². The third-order valence-corrected chi connectivity index (χ3v) is 10.9. The van der Waals surface area contributed by atoms with Gasteiger partial charge in [-0.25, -0.2) is 54.2 Å². The molecule has 0 spiro atoms. The van der Waals surface area contributed by atoms with Crippen LogP contribution in [-0.4, -0.2) is 104 Å². The van der Waals surface area contributed by atoms with Crippen LogP contribution in [-0.2, 0) is 22.7 Å². The van der Waals surface area contributed by atoms with Crippen molar-refractivity contribution in [1.29, 1.82) is 10.5 Å². The number of H-pyrrole nitrogens is 3. The normalized spacial score (nSPS) is 11.3. The lowest BCUT2D eigenvalue weighted by molar-refractivity contribution is 0.182. The molecule has 0 aliphatic carbocycles. The number of ether oxygens (including phenoxy) is 2. The summed E-state index contributed by atoms with van der Waals surface area (Å²) < 4.78 is 13.5. The highest BCUT2D eigenvalue weighted by atomic mass is 16.5. The van der Waals surface area contributed by atoms with Crippen molar-refractivity contribution in [3.8, 4) is 23.9 Å². The van der Waals surface area contributed by atoms with Crippen LogP contribution in [0.1, 0.15) is 22.5 Å². The molecule has 29 nitrogen and oxygen atoms in total. The number of rotatable bonds is 16. The van der Waals surface area contributed by atoms with Crippen molar-refractivity contribution in [1.82, 2.24) is 89.3 Å². The van der Waals surface area contributed by atoms with E-state index in [9.17, 15) is 10.5 Å².